The summed E-state index contributed by atoms with van der Waals surface area (Å²) in [5.41, 5.74) is -0.916. The van der Waals surface area contributed by atoms with Crippen LogP contribution in [0.25, 0.3) is 0 Å². The first-order valence-electron chi connectivity index (χ1n) is 11.2. The van der Waals surface area contributed by atoms with Crippen molar-refractivity contribution in [1.82, 2.24) is 9.80 Å². The highest BCUT2D eigenvalue weighted by Gasteiger charge is 2.36. The summed E-state index contributed by atoms with van der Waals surface area (Å²) in [6, 6.07) is 3.20. The Hall–Kier alpha value is -1.52. The third kappa shape index (κ3) is 6.99. The Morgan fingerprint density at radius 3 is 2.39 bits per heavy atom. The predicted molar refractivity (Wildman–Crippen MR) is 125 cm³/mol. The summed E-state index contributed by atoms with van der Waals surface area (Å²) in [6.07, 6.45) is 1.63. The smallest absolute Gasteiger partial charge is 0.341 e. The van der Waals surface area contributed by atoms with Crippen LogP contribution in [0, 0.1) is 0 Å². The molecule has 2 atom stereocenters. The maximum absolute atomic E-state index is 13.2. The number of amides is 1. The highest BCUT2D eigenvalue weighted by atomic mass is 35.5. The van der Waals surface area contributed by atoms with Gasteiger partial charge in [0, 0.05) is 19.1 Å². The summed E-state index contributed by atoms with van der Waals surface area (Å²) in [6.45, 7) is 3.46. The van der Waals surface area contributed by atoms with Crippen LogP contribution < -0.4 is 4.72 Å². The Labute approximate surface area is 200 Å². The summed E-state index contributed by atoms with van der Waals surface area (Å²) in [7, 11) is -2.05. The molecule has 1 aliphatic carbocycles. The topological polar surface area (TPSA) is 69.7 Å². The molecule has 1 amide bonds. The molecule has 0 aromatic heterocycles. The lowest BCUT2D eigenvalue weighted by atomic mass is 9.88. The van der Waals surface area contributed by atoms with Crippen LogP contribution >= 0.6 is 12.4 Å². The van der Waals surface area contributed by atoms with Crippen molar-refractivity contribution in [3.8, 4) is 0 Å². The first-order chi connectivity index (χ1) is 15.0. The van der Waals surface area contributed by atoms with E-state index in [1.807, 2.05) is 0 Å². The first-order valence-corrected chi connectivity index (χ1v) is 12.9. The Kier molecular flexibility index (Phi) is 9.47. The summed E-state index contributed by atoms with van der Waals surface area (Å²) < 4.78 is 65.9. The standard InChI is InChI=1S/C22H32F3N3O3S.ClH/c1-3-32(30,31)26-18-15-17(22(23,24)25)11-10-16(18)14-21(29)27(2)19-8-4-5-9-20(19)28-12-6-7-13-28;/h10-11,15,19-20,26H,3-9,12-14H2,1-2H3;1H/t19-,20-;/m1./s1. The van der Waals surface area contributed by atoms with Crippen LogP contribution in [0.4, 0.5) is 18.9 Å². The van der Waals surface area contributed by atoms with Gasteiger partial charge in [-0.2, -0.15) is 13.2 Å². The number of likely N-dealkylation sites (tertiary alicyclic amines) is 1. The second-order valence-corrected chi connectivity index (χ2v) is 10.7. The molecule has 1 aromatic rings. The number of halogens is 4. The molecule has 188 valence electrons. The number of carbonyl (C=O) groups excluding carboxylic acids is 1. The van der Waals surface area contributed by atoms with Crippen LogP contribution in [-0.4, -0.2) is 62.1 Å². The van der Waals surface area contributed by atoms with E-state index in [1.165, 1.54) is 13.0 Å². The second kappa shape index (κ2) is 11.3. The zero-order chi connectivity index (χ0) is 23.5. The number of carbonyl (C=O) groups is 1. The number of likely N-dealkylation sites (N-methyl/N-ethyl adjacent to an activating group) is 1. The van der Waals surface area contributed by atoms with Gasteiger partial charge in [0.2, 0.25) is 15.9 Å². The largest absolute Gasteiger partial charge is 0.416 e. The van der Waals surface area contributed by atoms with Gasteiger partial charge in [-0.1, -0.05) is 18.9 Å². The number of sulfonamides is 1. The molecule has 3 rings (SSSR count). The average Bonchev–Trinajstić information content (AvgIpc) is 3.28. The number of alkyl halides is 3. The minimum Gasteiger partial charge on any atom is -0.341 e. The summed E-state index contributed by atoms with van der Waals surface area (Å²) in [5.74, 6) is -0.506. The molecule has 1 saturated heterocycles. The number of rotatable bonds is 7. The van der Waals surface area contributed by atoms with Gasteiger partial charge in [0.1, 0.15) is 0 Å². The number of hydrogen-bond acceptors (Lipinski definition) is 4. The molecule has 1 N–H and O–H groups in total. The minimum absolute atomic E-state index is 0. The van der Waals surface area contributed by atoms with Crippen LogP contribution in [0.5, 0.6) is 0 Å². The van der Waals surface area contributed by atoms with E-state index < -0.39 is 21.8 Å². The summed E-state index contributed by atoms with van der Waals surface area (Å²) in [4.78, 5) is 17.3. The summed E-state index contributed by atoms with van der Waals surface area (Å²) in [5, 5.41) is 0. The monoisotopic (exact) mass is 511 g/mol. The molecule has 0 unspecified atom stereocenters. The van der Waals surface area contributed by atoms with Crippen LogP contribution in [-0.2, 0) is 27.4 Å². The van der Waals surface area contributed by atoms with Gasteiger partial charge in [0.25, 0.3) is 0 Å². The number of benzene rings is 1. The van der Waals surface area contributed by atoms with Crippen molar-refractivity contribution in [3.63, 3.8) is 0 Å². The zero-order valence-corrected chi connectivity index (χ0v) is 20.7. The number of nitrogens with zero attached hydrogens (tertiary/aromatic N) is 2. The zero-order valence-electron chi connectivity index (χ0n) is 19.0. The predicted octanol–water partition coefficient (Wildman–Crippen LogP) is 4.30. The van der Waals surface area contributed by atoms with Gasteiger partial charge in [-0.15, -0.1) is 12.4 Å². The maximum atomic E-state index is 13.2. The summed E-state index contributed by atoms with van der Waals surface area (Å²) >= 11 is 0. The molecule has 33 heavy (non-hydrogen) atoms. The lowest BCUT2D eigenvalue weighted by molar-refractivity contribution is -0.137. The third-order valence-corrected chi connectivity index (χ3v) is 7.91. The van der Waals surface area contributed by atoms with E-state index in [2.05, 4.69) is 9.62 Å². The fraction of sp³-hybridized carbons (Fsp3) is 0.682. The Morgan fingerprint density at radius 1 is 1.15 bits per heavy atom. The lowest BCUT2D eigenvalue weighted by Crippen LogP contribution is -2.53. The molecule has 1 aromatic carbocycles. The molecule has 1 saturated carbocycles. The van der Waals surface area contributed by atoms with E-state index >= 15 is 0 Å². The fourth-order valence-corrected chi connectivity index (χ4v) is 5.43. The lowest BCUT2D eigenvalue weighted by Gasteiger charge is -2.42. The Balaban J connectivity index is 0.00000385. The van der Waals surface area contributed by atoms with Gasteiger partial charge in [-0.25, -0.2) is 8.42 Å². The quantitative estimate of drug-likeness (QED) is 0.592. The number of hydrogen-bond donors (Lipinski definition) is 1. The Bertz CT molecular complexity index is 921. The van der Waals surface area contributed by atoms with E-state index in [4.69, 9.17) is 0 Å². The minimum atomic E-state index is -4.61. The van der Waals surface area contributed by atoms with Gasteiger partial charge in [-0.3, -0.25) is 14.4 Å². The first kappa shape index (κ1) is 27.7. The third-order valence-electron chi connectivity index (χ3n) is 6.62. The van der Waals surface area contributed by atoms with Crippen LogP contribution in [0.1, 0.15) is 56.6 Å². The van der Waals surface area contributed by atoms with Crippen molar-refractivity contribution < 1.29 is 26.4 Å². The molecule has 2 aliphatic rings. The van der Waals surface area contributed by atoms with Gasteiger partial charge in [-0.05, 0) is 63.4 Å². The van der Waals surface area contributed by atoms with E-state index in [0.717, 1.165) is 63.7 Å². The number of nitrogens with one attached hydrogen (secondary N) is 1. The van der Waals surface area contributed by atoms with Crippen molar-refractivity contribution in [2.75, 3.05) is 30.6 Å². The molecule has 0 bridgehead atoms. The molecular formula is C22H33ClF3N3O3S. The van der Waals surface area contributed by atoms with Gasteiger partial charge in [0.15, 0.2) is 0 Å². The molecular weight excluding hydrogens is 479 g/mol. The fourth-order valence-electron chi connectivity index (χ4n) is 4.76. The van der Waals surface area contributed by atoms with E-state index in [0.29, 0.717) is 6.04 Å². The van der Waals surface area contributed by atoms with Crippen molar-refractivity contribution in [2.24, 2.45) is 0 Å². The van der Waals surface area contributed by atoms with E-state index in [9.17, 15) is 26.4 Å². The molecule has 11 heteroatoms. The van der Waals surface area contributed by atoms with Crippen molar-refractivity contribution in [1.29, 1.82) is 0 Å². The van der Waals surface area contributed by atoms with Gasteiger partial charge >= 0.3 is 6.18 Å². The van der Waals surface area contributed by atoms with Gasteiger partial charge in [0.05, 0.1) is 23.4 Å². The van der Waals surface area contributed by atoms with E-state index in [-0.39, 0.29) is 47.8 Å². The number of anilines is 1. The SMILES string of the molecule is CCS(=O)(=O)Nc1cc(C(F)(F)F)ccc1CC(=O)N(C)[C@@H]1CCCC[C@H]1N1CCCC1.Cl. The molecule has 6 nitrogen and oxygen atoms in total. The molecule has 2 fully saturated rings. The van der Waals surface area contributed by atoms with Crippen LogP contribution in [0.2, 0.25) is 0 Å². The van der Waals surface area contributed by atoms with Crippen molar-refractivity contribution in [3.05, 3.63) is 29.3 Å². The average molecular weight is 512 g/mol. The van der Waals surface area contributed by atoms with Crippen molar-refractivity contribution >= 4 is 34.0 Å². The van der Waals surface area contributed by atoms with Crippen LogP contribution in [0.15, 0.2) is 18.2 Å². The van der Waals surface area contributed by atoms with Crippen LogP contribution in [0.3, 0.4) is 0 Å². The molecule has 0 radical (unpaired) electrons. The normalized spacial score (nSPS) is 22.0. The molecule has 0 spiro atoms. The van der Waals surface area contributed by atoms with Gasteiger partial charge < -0.3 is 4.90 Å². The Morgan fingerprint density at radius 2 is 1.79 bits per heavy atom. The highest BCUT2D eigenvalue weighted by molar-refractivity contribution is 7.92. The maximum Gasteiger partial charge on any atom is 0.416 e. The molecule has 1 heterocycles. The van der Waals surface area contributed by atoms with Crippen molar-refractivity contribution in [2.45, 2.75) is 70.1 Å². The second-order valence-electron chi connectivity index (χ2n) is 8.72. The van der Waals surface area contributed by atoms with E-state index in [1.54, 1.807) is 11.9 Å². The molecule has 1 aliphatic heterocycles. The highest BCUT2D eigenvalue weighted by Crippen LogP contribution is 2.34.